The Hall–Kier alpha value is -2.21. The quantitative estimate of drug-likeness (QED) is 0.716. The van der Waals surface area contributed by atoms with E-state index in [-0.39, 0.29) is 10.6 Å². The van der Waals surface area contributed by atoms with Crippen molar-refractivity contribution in [2.45, 2.75) is 4.90 Å². The van der Waals surface area contributed by atoms with Crippen LogP contribution in [0, 0.1) is 0 Å². The minimum atomic E-state index is -3.90. The summed E-state index contributed by atoms with van der Waals surface area (Å²) in [5.74, 6) is -1.50. The van der Waals surface area contributed by atoms with E-state index in [4.69, 9.17) is 0 Å². The van der Waals surface area contributed by atoms with Crippen molar-refractivity contribution in [3.05, 3.63) is 47.1 Å². The number of carbonyl (C=O) groups excluding carboxylic acids is 1. The van der Waals surface area contributed by atoms with Crippen LogP contribution in [0.5, 0.6) is 0 Å². The fraction of sp³-hybridized carbons (Fsp3) is 0. The number of hydrogen-bond acceptors (Lipinski definition) is 5. The molecule has 0 fully saturated rings. The summed E-state index contributed by atoms with van der Waals surface area (Å²) in [6.07, 6.45) is 2.39. The van der Waals surface area contributed by atoms with Gasteiger partial charge in [-0.05, 0) is 24.3 Å². The highest BCUT2D eigenvalue weighted by Crippen LogP contribution is 2.37. The first kappa shape index (κ1) is 10.9. The van der Waals surface area contributed by atoms with E-state index < -0.39 is 26.3 Å². The van der Waals surface area contributed by atoms with Crippen molar-refractivity contribution in [2.75, 3.05) is 0 Å². The number of hydrogen-bond donors (Lipinski definition) is 1. The molecule has 0 saturated carbocycles. The number of aliphatic hydroxyl groups excluding tert-OH is 1. The number of para-hydroxylation sites is 1. The van der Waals surface area contributed by atoms with Gasteiger partial charge in [0.05, 0.1) is 16.3 Å². The zero-order valence-electron chi connectivity index (χ0n) is 8.99. The molecule has 3 rings (SSSR count). The molecule has 0 unspecified atom stereocenters. The van der Waals surface area contributed by atoms with Crippen molar-refractivity contribution in [3.8, 4) is 0 Å². The lowest BCUT2D eigenvalue weighted by Crippen LogP contribution is -2.24. The van der Waals surface area contributed by atoms with Crippen LogP contribution in [0.1, 0.15) is 0 Å². The third kappa shape index (κ3) is 1.29. The molecule has 0 spiro atoms. The van der Waals surface area contributed by atoms with E-state index in [2.05, 4.69) is 4.99 Å². The van der Waals surface area contributed by atoms with Gasteiger partial charge in [0.25, 0.3) is 0 Å². The molecule has 1 N–H and O–H groups in total. The van der Waals surface area contributed by atoms with Gasteiger partial charge in [0.15, 0.2) is 5.76 Å². The van der Waals surface area contributed by atoms with Crippen molar-refractivity contribution in [3.63, 3.8) is 0 Å². The molecule has 18 heavy (non-hydrogen) atoms. The summed E-state index contributed by atoms with van der Waals surface area (Å²) in [5, 5.41) is 9.65. The van der Waals surface area contributed by atoms with Crippen LogP contribution < -0.4 is 0 Å². The van der Waals surface area contributed by atoms with E-state index in [0.29, 0.717) is 5.69 Å². The summed E-state index contributed by atoms with van der Waals surface area (Å²) in [4.78, 5) is 15.1. The normalized spacial score (nSPS) is 20.2. The first-order valence-corrected chi connectivity index (χ1v) is 6.59. The van der Waals surface area contributed by atoms with Crippen molar-refractivity contribution >= 4 is 27.0 Å². The van der Waals surface area contributed by atoms with Crippen LogP contribution in [0.4, 0.5) is 5.69 Å². The van der Waals surface area contributed by atoms with Crippen LogP contribution in [0.15, 0.2) is 57.0 Å². The molecule has 1 aromatic rings. The largest absolute Gasteiger partial charge is 0.503 e. The van der Waals surface area contributed by atoms with Crippen molar-refractivity contribution in [1.82, 2.24) is 0 Å². The number of nitrogens with zero attached hydrogens (tertiary/aromatic N) is 1. The molecule has 0 saturated heterocycles. The number of sulfone groups is 1. The molecule has 1 aliphatic carbocycles. The second-order valence-corrected chi connectivity index (χ2v) is 5.70. The Morgan fingerprint density at radius 1 is 1.11 bits per heavy atom. The number of fused-ring (bicyclic) bond motifs is 2. The number of aliphatic hydroxyl groups is 1. The van der Waals surface area contributed by atoms with Gasteiger partial charge < -0.3 is 5.11 Å². The predicted molar refractivity (Wildman–Crippen MR) is 64.5 cm³/mol. The molecule has 1 heterocycles. The molecule has 5 nitrogen and oxygen atoms in total. The Kier molecular flexibility index (Phi) is 2.06. The fourth-order valence-corrected chi connectivity index (χ4v) is 3.52. The number of aliphatic imine (C=N–C) groups is 1. The molecule has 0 atom stereocenters. The maximum absolute atomic E-state index is 12.3. The van der Waals surface area contributed by atoms with Crippen LogP contribution >= 0.6 is 0 Å². The van der Waals surface area contributed by atoms with Gasteiger partial charge in [-0.15, -0.1) is 0 Å². The molecule has 2 aliphatic rings. The lowest BCUT2D eigenvalue weighted by molar-refractivity contribution is -0.113. The molecule has 90 valence electrons. The van der Waals surface area contributed by atoms with Gasteiger partial charge in [0, 0.05) is 0 Å². The number of ketones is 1. The Morgan fingerprint density at radius 2 is 1.83 bits per heavy atom. The number of allylic oxidation sites excluding steroid dienone is 3. The topological polar surface area (TPSA) is 83.8 Å². The molecule has 0 radical (unpaired) electrons. The average molecular weight is 261 g/mol. The Morgan fingerprint density at radius 3 is 2.61 bits per heavy atom. The minimum Gasteiger partial charge on any atom is -0.503 e. The summed E-state index contributed by atoms with van der Waals surface area (Å²) >= 11 is 0. The molecular formula is C12H7NO4S. The molecule has 1 aromatic carbocycles. The molecular weight excluding hydrogens is 254 g/mol. The average Bonchev–Trinajstić information content (AvgIpc) is 2.33. The van der Waals surface area contributed by atoms with Gasteiger partial charge in [-0.2, -0.15) is 0 Å². The molecule has 6 heteroatoms. The Labute approximate surface area is 103 Å². The lowest BCUT2D eigenvalue weighted by Gasteiger charge is -2.19. The van der Waals surface area contributed by atoms with Gasteiger partial charge in [0.1, 0.15) is 4.91 Å². The van der Waals surface area contributed by atoms with Crippen LogP contribution in [-0.2, 0) is 14.6 Å². The first-order valence-electron chi connectivity index (χ1n) is 5.10. The minimum absolute atomic E-state index is 0.00148. The number of rotatable bonds is 0. The van der Waals surface area contributed by atoms with Crippen molar-refractivity contribution in [2.24, 2.45) is 4.99 Å². The van der Waals surface area contributed by atoms with Crippen LogP contribution in [0.25, 0.3) is 0 Å². The second-order valence-electron chi connectivity index (χ2n) is 3.84. The highest BCUT2D eigenvalue weighted by molar-refractivity contribution is 7.96. The molecule has 1 aliphatic heterocycles. The van der Waals surface area contributed by atoms with E-state index in [9.17, 15) is 18.3 Å². The predicted octanol–water partition coefficient (Wildman–Crippen LogP) is 1.45. The Bertz CT molecular complexity index is 769. The van der Waals surface area contributed by atoms with Crippen LogP contribution in [-0.4, -0.2) is 25.0 Å². The molecule has 0 aromatic heterocycles. The summed E-state index contributed by atoms with van der Waals surface area (Å²) in [6, 6.07) is 6.20. The SMILES string of the molecule is O=C1C=CC2=Nc3ccccc3S(=O)(=O)C2=C1O. The van der Waals surface area contributed by atoms with E-state index >= 15 is 0 Å². The molecule has 0 amide bonds. The summed E-state index contributed by atoms with van der Waals surface area (Å²) in [6.45, 7) is 0. The summed E-state index contributed by atoms with van der Waals surface area (Å²) in [7, 11) is -3.90. The summed E-state index contributed by atoms with van der Waals surface area (Å²) < 4.78 is 24.6. The molecule has 0 bridgehead atoms. The van der Waals surface area contributed by atoms with Crippen LogP contribution in [0.2, 0.25) is 0 Å². The first-order chi connectivity index (χ1) is 8.51. The Balaban J connectivity index is 2.44. The van der Waals surface area contributed by atoms with Crippen molar-refractivity contribution < 1.29 is 18.3 Å². The smallest absolute Gasteiger partial charge is 0.221 e. The number of carbonyl (C=O) groups is 1. The van der Waals surface area contributed by atoms with Gasteiger partial charge in [-0.3, -0.25) is 4.79 Å². The zero-order chi connectivity index (χ0) is 12.9. The van der Waals surface area contributed by atoms with Gasteiger partial charge in [-0.1, -0.05) is 12.1 Å². The zero-order valence-corrected chi connectivity index (χ0v) is 9.81. The third-order valence-corrected chi connectivity index (χ3v) is 4.60. The van der Waals surface area contributed by atoms with E-state index in [1.54, 1.807) is 18.2 Å². The van der Waals surface area contributed by atoms with Gasteiger partial charge >= 0.3 is 0 Å². The maximum Gasteiger partial charge on any atom is 0.221 e. The van der Waals surface area contributed by atoms with E-state index in [1.165, 1.54) is 12.1 Å². The van der Waals surface area contributed by atoms with E-state index in [1.807, 2.05) is 0 Å². The standard InChI is InChI=1S/C12H7NO4S/c14-9-6-5-8-12(11(9)15)18(16,17)10-4-2-1-3-7(10)13-8/h1-6,15H. The summed E-state index contributed by atoms with van der Waals surface area (Å²) in [5.41, 5.74) is 0.397. The highest BCUT2D eigenvalue weighted by atomic mass is 32.2. The monoisotopic (exact) mass is 261 g/mol. The third-order valence-electron chi connectivity index (χ3n) is 2.74. The highest BCUT2D eigenvalue weighted by Gasteiger charge is 2.37. The lowest BCUT2D eigenvalue weighted by atomic mass is 10.1. The van der Waals surface area contributed by atoms with Gasteiger partial charge in [0.2, 0.25) is 15.6 Å². The van der Waals surface area contributed by atoms with E-state index in [0.717, 1.165) is 6.08 Å². The van der Waals surface area contributed by atoms with Gasteiger partial charge in [-0.25, -0.2) is 13.4 Å². The van der Waals surface area contributed by atoms with Crippen molar-refractivity contribution in [1.29, 1.82) is 0 Å². The second kappa shape index (κ2) is 3.39. The number of benzene rings is 1. The fourth-order valence-electron chi connectivity index (χ4n) is 1.91. The maximum atomic E-state index is 12.3. The van der Waals surface area contributed by atoms with Crippen LogP contribution in [0.3, 0.4) is 0 Å².